The third kappa shape index (κ3) is 5.17. The van der Waals surface area contributed by atoms with Gasteiger partial charge in [0.05, 0.1) is 5.25 Å². The molecule has 178 valence electrons. The van der Waals surface area contributed by atoms with Gasteiger partial charge in [0.25, 0.3) is 0 Å². The molecule has 0 saturated carbocycles. The van der Waals surface area contributed by atoms with Crippen LogP contribution in [0.2, 0.25) is 0 Å². The van der Waals surface area contributed by atoms with Crippen LogP contribution in [0.25, 0.3) is 0 Å². The van der Waals surface area contributed by atoms with Crippen molar-refractivity contribution in [2.75, 3.05) is 19.6 Å². The van der Waals surface area contributed by atoms with Gasteiger partial charge in [-0.1, -0.05) is 54.1 Å². The molecule has 34 heavy (non-hydrogen) atoms. The van der Waals surface area contributed by atoms with Gasteiger partial charge in [-0.2, -0.15) is 0 Å². The van der Waals surface area contributed by atoms with Crippen molar-refractivity contribution in [2.24, 2.45) is 0 Å². The quantitative estimate of drug-likeness (QED) is 0.302. The average molecular weight is 541 g/mol. The third-order valence-electron chi connectivity index (χ3n) is 7.13. The molecule has 1 fully saturated rings. The van der Waals surface area contributed by atoms with E-state index in [0.717, 1.165) is 38.9 Å². The molecule has 2 heterocycles. The van der Waals surface area contributed by atoms with E-state index in [0.29, 0.717) is 17.2 Å². The Bertz CT molecular complexity index is 1140. The van der Waals surface area contributed by atoms with Crippen LogP contribution >= 0.6 is 28.7 Å². The fourth-order valence-corrected chi connectivity index (χ4v) is 7.14. The van der Waals surface area contributed by atoms with E-state index in [1.54, 1.807) is 12.1 Å². The SMILES string of the molecule is Br.Cc1cccc(C2SC3(CCN(CCCC(=O)c4ccc(F)cc4)CC3)c3ccccc32)c1. The molecule has 0 aliphatic carbocycles. The summed E-state index contributed by atoms with van der Waals surface area (Å²) in [5.41, 5.74) is 6.33. The van der Waals surface area contributed by atoms with Crippen molar-refractivity contribution in [3.63, 3.8) is 0 Å². The maximum atomic E-state index is 13.1. The Morgan fingerprint density at radius 3 is 2.50 bits per heavy atom. The highest BCUT2D eigenvalue weighted by molar-refractivity contribution is 8.93. The second-order valence-corrected chi connectivity index (χ2v) is 10.9. The number of piperidine rings is 1. The van der Waals surface area contributed by atoms with E-state index < -0.39 is 0 Å². The zero-order chi connectivity index (χ0) is 22.8. The first-order chi connectivity index (χ1) is 16.0. The third-order valence-corrected chi connectivity index (χ3v) is 8.97. The normalized spacial score (nSPS) is 18.9. The monoisotopic (exact) mass is 539 g/mol. The van der Waals surface area contributed by atoms with Crippen molar-refractivity contribution in [3.8, 4) is 0 Å². The van der Waals surface area contributed by atoms with Crippen LogP contribution in [0.4, 0.5) is 4.39 Å². The van der Waals surface area contributed by atoms with Crippen molar-refractivity contribution in [3.05, 3.63) is 106 Å². The Labute approximate surface area is 216 Å². The fourth-order valence-electron chi connectivity index (χ4n) is 5.34. The zero-order valence-corrected chi connectivity index (χ0v) is 22.0. The summed E-state index contributed by atoms with van der Waals surface area (Å²) in [5, 5.41) is 0.404. The predicted octanol–water partition coefficient (Wildman–Crippen LogP) is 7.50. The van der Waals surface area contributed by atoms with Crippen LogP contribution in [0.5, 0.6) is 0 Å². The summed E-state index contributed by atoms with van der Waals surface area (Å²) in [6.07, 6.45) is 3.64. The zero-order valence-electron chi connectivity index (χ0n) is 19.5. The van der Waals surface area contributed by atoms with Gasteiger partial charge in [0, 0.05) is 16.7 Å². The molecular weight excluding hydrogens is 509 g/mol. The van der Waals surface area contributed by atoms with Crippen molar-refractivity contribution < 1.29 is 9.18 Å². The largest absolute Gasteiger partial charge is 0.303 e. The van der Waals surface area contributed by atoms with Crippen LogP contribution in [0, 0.1) is 12.7 Å². The number of nitrogens with zero attached hydrogens (tertiary/aromatic N) is 1. The van der Waals surface area contributed by atoms with Crippen molar-refractivity contribution in [2.45, 2.75) is 42.6 Å². The summed E-state index contributed by atoms with van der Waals surface area (Å²) in [4.78, 5) is 14.9. The van der Waals surface area contributed by atoms with E-state index in [4.69, 9.17) is 0 Å². The first-order valence-corrected chi connectivity index (χ1v) is 12.8. The van der Waals surface area contributed by atoms with E-state index in [1.165, 1.54) is 34.4 Å². The van der Waals surface area contributed by atoms with Gasteiger partial charge in [-0.05, 0) is 86.8 Å². The molecule has 1 spiro atoms. The second kappa shape index (κ2) is 10.8. The molecule has 0 bridgehead atoms. The molecule has 3 aromatic rings. The molecule has 2 nitrogen and oxygen atoms in total. The van der Waals surface area contributed by atoms with Crippen LogP contribution in [-0.2, 0) is 4.75 Å². The Morgan fingerprint density at radius 1 is 1.03 bits per heavy atom. The molecule has 5 heteroatoms. The number of fused-ring (bicyclic) bond motifs is 2. The number of carbonyl (C=O) groups excluding carboxylic acids is 1. The Kier molecular flexibility index (Phi) is 7.96. The predicted molar refractivity (Wildman–Crippen MR) is 145 cm³/mol. The number of thioether (sulfide) groups is 1. The summed E-state index contributed by atoms with van der Waals surface area (Å²) in [7, 11) is 0. The van der Waals surface area contributed by atoms with Gasteiger partial charge in [-0.15, -0.1) is 28.7 Å². The fraction of sp³-hybridized carbons (Fsp3) is 0.345. The molecule has 5 rings (SSSR count). The topological polar surface area (TPSA) is 20.3 Å². The van der Waals surface area contributed by atoms with E-state index >= 15 is 0 Å². The number of hydrogen-bond acceptors (Lipinski definition) is 3. The lowest BCUT2D eigenvalue weighted by Gasteiger charge is -2.40. The first-order valence-electron chi connectivity index (χ1n) is 11.9. The van der Waals surface area contributed by atoms with Crippen LogP contribution < -0.4 is 0 Å². The molecule has 3 aromatic carbocycles. The second-order valence-electron chi connectivity index (χ2n) is 9.37. The number of carbonyl (C=O) groups is 1. The van der Waals surface area contributed by atoms with Gasteiger partial charge in [-0.3, -0.25) is 4.79 Å². The van der Waals surface area contributed by atoms with Crippen LogP contribution in [0.1, 0.15) is 63.5 Å². The lowest BCUT2D eigenvalue weighted by Crippen LogP contribution is -2.40. The number of hydrogen-bond donors (Lipinski definition) is 0. The van der Waals surface area contributed by atoms with Crippen LogP contribution in [0.15, 0.2) is 72.8 Å². The Hall–Kier alpha value is -1.95. The van der Waals surface area contributed by atoms with Crippen molar-refractivity contribution in [1.82, 2.24) is 4.90 Å². The minimum absolute atomic E-state index is 0. The van der Waals surface area contributed by atoms with Gasteiger partial charge in [0.15, 0.2) is 5.78 Å². The van der Waals surface area contributed by atoms with Gasteiger partial charge < -0.3 is 4.90 Å². The first kappa shape index (κ1) is 25.2. The molecule has 0 aromatic heterocycles. The van der Waals surface area contributed by atoms with E-state index in [-0.39, 0.29) is 33.3 Å². The number of likely N-dealkylation sites (tertiary alicyclic amines) is 1. The van der Waals surface area contributed by atoms with Gasteiger partial charge in [-0.25, -0.2) is 4.39 Å². The van der Waals surface area contributed by atoms with E-state index in [1.807, 2.05) is 0 Å². The van der Waals surface area contributed by atoms with Crippen LogP contribution in [0.3, 0.4) is 0 Å². The molecule has 2 aliphatic heterocycles. The summed E-state index contributed by atoms with van der Waals surface area (Å²) >= 11 is 2.14. The van der Waals surface area contributed by atoms with Crippen LogP contribution in [-0.4, -0.2) is 30.3 Å². The molecule has 2 aliphatic rings. The van der Waals surface area contributed by atoms with Crippen molar-refractivity contribution in [1.29, 1.82) is 0 Å². The molecule has 1 atom stereocenters. The van der Waals surface area contributed by atoms with Gasteiger partial charge >= 0.3 is 0 Å². The standard InChI is InChI=1S/C29H30FNOS.BrH/c1-21-6-4-7-23(20-21)28-25-8-2-3-9-26(25)29(33-28)15-18-31(19-16-29)17-5-10-27(32)22-11-13-24(30)14-12-22;/h2-4,6-9,11-14,20,28H,5,10,15-19H2,1H3;1H. The summed E-state index contributed by atoms with van der Waals surface area (Å²) < 4.78 is 13.3. The summed E-state index contributed by atoms with van der Waals surface area (Å²) in [6, 6.07) is 23.9. The highest BCUT2D eigenvalue weighted by Gasteiger charge is 2.46. The van der Waals surface area contributed by atoms with E-state index in [2.05, 4.69) is 72.1 Å². The molecule has 0 radical (unpaired) electrons. The molecular formula is C29H31BrFNOS. The Balaban J connectivity index is 0.00000274. The van der Waals surface area contributed by atoms with Gasteiger partial charge in [0.2, 0.25) is 0 Å². The maximum absolute atomic E-state index is 13.1. The number of ketones is 1. The number of Topliss-reactive ketones (excluding diaryl/α,β-unsaturated/α-hetero) is 1. The molecule has 1 saturated heterocycles. The smallest absolute Gasteiger partial charge is 0.162 e. The van der Waals surface area contributed by atoms with Gasteiger partial charge in [0.1, 0.15) is 5.82 Å². The molecule has 0 amide bonds. The Morgan fingerprint density at radius 2 is 1.76 bits per heavy atom. The summed E-state index contributed by atoms with van der Waals surface area (Å²) in [6.45, 7) is 5.24. The minimum atomic E-state index is -0.301. The number of halogens is 2. The molecule has 1 unspecified atom stereocenters. The van der Waals surface area contributed by atoms with E-state index in [9.17, 15) is 9.18 Å². The lowest BCUT2D eigenvalue weighted by atomic mass is 9.84. The number of aryl methyl sites for hydroxylation is 1. The lowest BCUT2D eigenvalue weighted by molar-refractivity contribution is 0.0971. The van der Waals surface area contributed by atoms with Crippen molar-refractivity contribution >= 4 is 34.5 Å². The number of rotatable bonds is 6. The number of benzene rings is 3. The maximum Gasteiger partial charge on any atom is 0.162 e. The minimum Gasteiger partial charge on any atom is -0.303 e. The highest BCUT2D eigenvalue weighted by atomic mass is 79.9. The molecule has 0 N–H and O–H groups in total. The highest BCUT2D eigenvalue weighted by Crippen LogP contribution is 2.61. The average Bonchev–Trinajstić information content (AvgIpc) is 3.15. The summed E-state index contributed by atoms with van der Waals surface area (Å²) in [5.74, 6) is -0.199.